The number of carbonyl (C=O) groups is 1. The Labute approximate surface area is 102 Å². The van der Waals surface area contributed by atoms with Gasteiger partial charge in [-0.15, -0.1) is 0 Å². The Kier molecular flexibility index (Phi) is 4.97. The maximum Gasteiger partial charge on any atom is 0.306 e. The molecule has 1 aromatic carbocycles. The van der Waals surface area contributed by atoms with E-state index in [0.717, 1.165) is 16.9 Å². The first-order valence-corrected chi connectivity index (χ1v) is 5.53. The van der Waals surface area contributed by atoms with Gasteiger partial charge >= 0.3 is 5.97 Å². The quantitative estimate of drug-likeness (QED) is 0.790. The van der Waals surface area contributed by atoms with E-state index >= 15 is 0 Å². The summed E-state index contributed by atoms with van der Waals surface area (Å²) in [4.78, 5) is 11.3. The zero-order valence-corrected chi connectivity index (χ0v) is 10.5. The molecular formula is C13H19NO3. The molecule has 0 fully saturated rings. The largest absolute Gasteiger partial charge is 0.497 e. The van der Waals surface area contributed by atoms with Crippen LogP contribution in [0, 0.1) is 6.92 Å². The van der Waals surface area contributed by atoms with E-state index in [1.807, 2.05) is 25.1 Å². The molecule has 94 valence electrons. The normalized spacial score (nSPS) is 12.0. The highest BCUT2D eigenvalue weighted by Gasteiger charge is 2.17. The Bertz CT molecular complexity index is 390. The fourth-order valence-corrected chi connectivity index (χ4v) is 1.84. The van der Waals surface area contributed by atoms with E-state index in [1.54, 1.807) is 7.11 Å². The lowest BCUT2D eigenvalue weighted by Crippen LogP contribution is -2.18. The van der Waals surface area contributed by atoms with Gasteiger partial charge in [-0.25, -0.2) is 0 Å². The fraction of sp³-hybridized carbons (Fsp3) is 0.462. The van der Waals surface area contributed by atoms with Gasteiger partial charge in [-0.3, -0.25) is 4.79 Å². The van der Waals surface area contributed by atoms with Gasteiger partial charge in [0.25, 0.3) is 0 Å². The molecular weight excluding hydrogens is 218 g/mol. The number of aryl methyl sites for hydroxylation is 1. The van der Waals surface area contributed by atoms with Crippen LogP contribution in [0.1, 0.15) is 23.5 Å². The Balaban J connectivity index is 2.92. The van der Waals surface area contributed by atoms with E-state index in [4.69, 9.17) is 10.5 Å². The minimum absolute atomic E-state index is 0.00615. The zero-order valence-electron chi connectivity index (χ0n) is 10.5. The van der Waals surface area contributed by atoms with Crippen LogP contribution in [0.2, 0.25) is 0 Å². The number of methoxy groups -OCH3 is 2. The maximum atomic E-state index is 11.3. The maximum absolute atomic E-state index is 11.3. The number of hydrogen-bond donors (Lipinski definition) is 1. The van der Waals surface area contributed by atoms with Crippen molar-refractivity contribution in [2.45, 2.75) is 19.3 Å². The van der Waals surface area contributed by atoms with E-state index in [9.17, 15) is 4.79 Å². The Morgan fingerprint density at radius 3 is 2.59 bits per heavy atom. The molecule has 0 radical (unpaired) electrons. The van der Waals surface area contributed by atoms with Gasteiger partial charge in [-0.1, -0.05) is 6.07 Å². The number of ether oxygens (including phenoxy) is 2. The van der Waals surface area contributed by atoms with Crippen molar-refractivity contribution in [2.75, 3.05) is 20.8 Å². The highest BCUT2D eigenvalue weighted by molar-refractivity contribution is 5.70. The molecule has 0 saturated carbocycles. The molecule has 0 amide bonds. The first kappa shape index (κ1) is 13.5. The molecule has 0 aliphatic carbocycles. The van der Waals surface area contributed by atoms with Crippen molar-refractivity contribution < 1.29 is 14.3 Å². The van der Waals surface area contributed by atoms with Crippen LogP contribution in [-0.2, 0) is 9.53 Å². The molecule has 0 bridgehead atoms. The summed E-state index contributed by atoms with van der Waals surface area (Å²) in [5.74, 6) is 0.559. The van der Waals surface area contributed by atoms with Gasteiger partial charge < -0.3 is 15.2 Å². The molecule has 0 aliphatic rings. The van der Waals surface area contributed by atoms with E-state index in [0.29, 0.717) is 13.0 Å². The molecule has 1 unspecified atom stereocenters. The average molecular weight is 237 g/mol. The summed E-state index contributed by atoms with van der Waals surface area (Å²) in [6.07, 6.45) is 0.306. The van der Waals surface area contributed by atoms with Gasteiger partial charge in [0.05, 0.1) is 20.6 Å². The second kappa shape index (κ2) is 6.25. The van der Waals surface area contributed by atoms with Gasteiger partial charge in [0.2, 0.25) is 0 Å². The number of rotatable bonds is 5. The van der Waals surface area contributed by atoms with Crippen LogP contribution >= 0.6 is 0 Å². The fourth-order valence-electron chi connectivity index (χ4n) is 1.84. The molecule has 1 aromatic rings. The summed E-state index contributed by atoms with van der Waals surface area (Å²) in [6.45, 7) is 2.40. The van der Waals surface area contributed by atoms with E-state index < -0.39 is 0 Å². The van der Waals surface area contributed by atoms with Gasteiger partial charge in [-0.2, -0.15) is 0 Å². The first-order valence-electron chi connectivity index (χ1n) is 5.53. The summed E-state index contributed by atoms with van der Waals surface area (Å²) in [7, 11) is 3.01. The minimum atomic E-state index is -0.240. The minimum Gasteiger partial charge on any atom is -0.497 e. The first-order chi connectivity index (χ1) is 8.12. The summed E-state index contributed by atoms with van der Waals surface area (Å²) in [6, 6.07) is 5.77. The lowest BCUT2D eigenvalue weighted by molar-refractivity contribution is -0.141. The molecule has 1 rings (SSSR count). The predicted molar refractivity (Wildman–Crippen MR) is 66.2 cm³/mol. The van der Waals surface area contributed by atoms with E-state index in [1.165, 1.54) is 7.11 Å². The van der Waals surface area contributed by atoms with Gasteiger partial charge in [0.15, 0.2) is 0 Å². The molecule has 4 nitrogen and oxygen atoms in total. The van der Waals surface area contributed by atoms with Crippen LogP contribution < -0.4 is 10.5 Å². The van der Waals surface area contributed by atoms with Crippen molar-refractivity contribution in [3.05, 3.63) is 29.3 Å². The number of benzene rings is 1. The summed E-state index contributed by atoms with van der Waals surface area (Å²) in [5.41, 5.74) is 7.85. The van der Waals surface area contributed by atoms with Crippen molar-refractivity contribution in [3.8, 4) is 5.75 Å². The third-order valence-electron chi connectivity index (χ3n) is 2.84. The molecule has 0 spiro atoms. The van der Waals surface area contributed by atoms with Crippen LogP contribution in [0.15, 0.2) is 18.2 Å². The Morgan fingerprint density at radius 1 is 1.41 bits per heavy atom. The van der Waals surface area contributed by atoms with Crippen molar-refractivity contribution in [1.29, 1.82) is 0 Å². The van der Waals surface area contributed by atoms with Gasteiger partial charge in [0.1, 0.15) is 5.75 Å². The highest BCUT2D eigenvalue weighted by atomic mass is 16.5. The monoisotopic (exact) mass is 237 g/mol. The van der Waals surface area contributed by atoms with E-state index in [2.05, 4.69) is 4.74 Å². The summed E-state index contributed by atoms with van der Waals surface area (Å²) < 4.78 is 9.81. The zero-order chi connectivity index (χ0) is 12.8. The molecule has 1 atom stereocenters. The Morgan fingerprint density at radius 2 is 2.12 bits per heavy atom. The van der Waals surface area contributed by atoms with Gasteiger partial charge in [-0.05, 0) is 36.7 Å². The number of esters is 1. The van der Waals surface area contributed by atoms with Crippen LogP contribution in [0.5, 0.6) is 5.75 Å². The lowest BCUT2D eigenvalue weighted by atomic mass is 9.92. The smallest absolute Gasteiger partial charge is 0.306 e. The number of carbonyl (C=O) groups excluding carboxylic acids is 1. The topological polar surface area (TPSA) is 61.5 Å². The lowest BCUT2D eigenvalue weighted by Gasteiger charge is -2.17. The highest BCUT2D eigenvalue weighted by Crippen LogP contribution is 2.25. The third-order valence-corrected chi connectivity index (χ3v) is 2.84. The number of nitrogens with two attached hydrogens (primary N) is 1. The van der Waals surface area contributed by atoms with Crippen LogP contribution in [0.25, 0.3) is 0 Å². The SMILES string of the molecule is COC(=O)CC(CN)c1ccc(OC)cc1C. The predicted octanol–water partition coefficient (Wildman–Crippen LogP) is 1.61. The molecule has 0 heterocycles. The molecule has 0 aromatic heterocycles. The van der Waals surface area contributed by atoms with Crippen LogP contribution in [0.3, 0.4) is 0 Å². The average Bonchev–Trinajstić information content (AvgIpc) is 2.35. The van der Waals surface area contributed by atoms with Gasteiger partial charge in [0, 0.05) is 5.92 Å². The van der Waals surface area contributed by atoms with Crippen molar-refractivity contribution >= 4 is 5.97 Å². The summed E-state index contributed by atoms with van der Waals surface area (Å²) in [5, 5.41) is 0. The standard InChI is InChI=1S/C13H19NO3/c1-9-6-11(16-2)4-5-12(9)10(8-14)7-13(15)17-3/h4-6,10H,7-8,14H2,1-3H3. The second-order valence-electron chi connectivity index (χ2n) is 3.94. The van der Waals surface area contributed by atoms with Crippen molar-refractivity contribution in [1.82, 2.24) is 0 Å². The number of hydrogen-bond acceptors (Lipinski definition) is 4. The molecule has 17 heavy (non-hydrogen) atoms. The molecule has 4 heteroatoms. The molecule has 0 aliphatic heterocycles. The van der Waals surface area contributed by atoms with Crippen LogP contribution in [-0.4, -0.2) is 26.7 Å². The van der Waals surface area contributed by atoms with Crippen molar-refractivity contribution in [2.24, 2.45) is 5.73 Å². The van der Waals surface area contributed by atoms with E-state index in [-0.39, 0.29) is 11.9 Å². The third kappa shape index (κ3) is 3.46. The van der Waals surface area contributed by atoms with Crippen LogP contribution in [0.4, 0.5) is 0 Å². The van der Waals surface area contributed by atoms with Crippen molar-refractivity contribution in [3.63, 3.8) is 0 Å². The summed E-state index contributed by atoms with van der Waals surface area (Å²) >= 11 is 0. The molecule has 0 saturated heterocycles. The molecule has 2 N–H and O–H groups in total. The second-order valence-corrected chi connectivity index (χ2v) is 3.94. The Hall–Kier alpha value is -1.55.